The van der Waals surface area contributed by atoms with E-state index in [1.54, 1.807) is 0 Å². The molecule has 6 heteroatoms. The molecule has 0 aromatic rings. The van der Waals surface area contributed by atoms with Gasteiger partial charge in [-0.25, -0.2) is 0 Å². The van der Waals surface area contributed by atoms with Gasteiger partial charge in [0.2, 0.25) is 0 Å². The second-order valence-electron chi connectivity index (χ2n) is 16.2. The molecule has 230 valence electrons. The molecular formula is C34H62O4Si2. The van der Waals surface area contributed by atoms with Crippen molar-refractivity contribution in [3.63, 3.8) is 0 Å². The van der Waals surface area contributed by atoms with Crippen LogP contribution in [-0.4, -0.2) is 41.7 Å². The van der Waals surface area contributed by atoms with E-state index < -0.39 is 16.6 Å². The number of methoxy groups -OCH3 is 1. The smallest absolute Gasteiger partial charge is 0.258 e. The predicted octanol–water partition coefficient (Wildman–Crippen LogP) is 9.83. The monoisotopic (exact) mass is 590 g/mol. The summed E-state index contributed by atoms with van der Waals surface area (Å²) in [5.41, 5.74) is 4.02. The standard InChI is InChI=1S/C34H62O4Si2/c1-21(2)40(22(3)4,23(5)6)37-25-16-17-26-27(18-25)32(36-13)29-20-31(38-39(14,15)33(8,9)10)24(7)28(19-30(26)35)34(29,11)12/h18,21-23,26-27,29,31-32H,16-17,19-20H2,1-15H3/t26-,27+,29-,31-,32-/m0/s1. The zero-order chi connectivity index (χ0) is 30.6. The molecule has 3 aliphatic carbocycles. The molecule has 0 aromatic carbocycles. The topological polar surface area (TPSA) is 44.8 Å². The maximum Gasteiger partial charge on any atom is 0.258 e. The minimum Gasteiger partial charge on any atom is -0.546 e. The van der Waals surface area contributed by atoms with Crippen molar-refractivity contribution in [1.82, 2.24) is 0 Å². The molecular weight excluding hydrogens is 529 g/mol. The molecule has 0 unspecified atom stereocenters. The van der Waals surface area contributed by atoms with Crippen LogP contribution < -0.4 is 0 Å². The van der Waals surface area contributed by atoms with Gasteiger partial charge in [0.25, 0.3) is 8.32 Å². The highest BCUT2D eigenvalue weighted by atomic mass is 28.4. The largest absolute Gasteiger partial charge is 0.546 e. The first-order valence-corrected chi connectivity index (χ1v) is 21.1. The molecule has 40 heavy (non-hydrogen) atoms. The van der Waals surface area contributed by atoms with Crippen LogP contribution in [0.2, 0.25) is 34.8 Å². The van der Waals surface area contributed by atoms with Gasteiger partial charge in [-0.05, 0) is 77.5 Å². The van der Waals surface area contributed by atoms with Crippen molar-refractivity contribution in [2.75, 3.05) is 7.11 Å². The second-order valence-corrected chi connectivity index (χ2v) is 26.3. The zero-order valence-electron chi connectivity index (χ0n) is 28.7. The average Bonchev–Trinajstić information content (AvgIpc) is 2.81. The summed E-state index contributed by atoms with van der Waals surface area (Å²) in [6.45, 7) is 32.6. The number of ether oxygens (including phenoxy) is 1. The summed E-state index contributed by atoms with van der Waals surface area (Å²) in [6, 6.07) is 0. The summed E-state index contributed by atoms with van der Waals surface area (Å²) in [7, 11) is -2.22. The van der Waals surface area contributed by atoms with Crippen LogP contribution in [0, 0.1) is 23.2 Å². The van der Waals surface area contributed by atoms with Crippen molar-refractivity contribution in [2.45, 2.75) is 156 Å². The molecule has 3 aliphatic rings. The van der Waals surface area contributed by atoms with Gasteiger partial charge in [-0.15, -0.1) is 0 Å². The molecule has 4 nitrogen and oxygen atoms in total. The third-order valence-corrected chi connectivity index (χ3v) is 22.3. The van der Waals surface area contributed by atoms with E-state index in [1.165, 1.54) is 11.1 Å². The van der Waals surface area contributed by atoms with Gasteiger partial charge < -0.3 is 13.6 Å². The summed E-state index contributed by atoms with van der Waals surface area (Å²) >= 11 is 0. The molecule has 0 amide bonds. The highest BCUT2D eigenvalue weighted by Crippen LogP contribution is 2.55. The van der Waals surface area contributed by atoms with E-state index in [0.29, 0.717) is 28.8 Å². The molecule has 0 radical (unpaired) electrons. The number of carbonyl (C=O) groups is 1. The van der Waals surface area contributed by atoms with Crippen molar-refractivity contribution >= 4 is 22.4 Å². The first-order chi connectivity index (χ1) is 18.2. The van der Waals surface area contributed by atoms with Gasteiger partial charge in [0.05, 0.1) is 18.0 Å². The highest BCUT2D eigenvalue weighted by molar-refractivity contribution is 6.78. The molecule has 0 aromatic heterocycles. The van der Waals surface area contributed by atoms with Crippen molar-refractivity contribution < 1.29 is 18.4 Å². The lowest BCUT2D eigenvalue weighted by molar-refractivity contribution is -0.131. The van der Waals surface area contributed by atoms with Crippen LogP contribution in [-0.2, 0) is 18.4 Å². The lowest BCUT2D eigenvalue weighted by atomic mass is 9.56. The lowest BCUT2D eigenvalue weighted by Crippen LogP contribution is -2.54. The molecule has 3 rings (SSSR count). The molecule has 0 N–H and O–H groups in total. The number of carbonyl (C=O) groups excluding carboxylic acids is 1. The summed E-state index contributed by atoms with van der Waals surface area (Å²) in [5, 5.41) is 0.131. The number of hydrogen-bond donors (Lipinski definition) is 0. The summed E-state index contributed by atoms with van der Waals surface area (Å²) in [5.74, 6) is 1.79. The summed E-state index contributed by atoms with van der Waals surface area (Å²) in [6.07, 6.45) is 5.54. The molecule has 1 saturated carbocycles. The van der Waals surface area contributed by atoms with Gasteiger partial charge in [0, 0.05) is 31.8 Å². The van der Waals surface area contributed by atoms with Crippen LogP contribution >= 0.6 is 0 Å². The van der Waals surface area contributed by atoms with Crippen molar-refractivity contribution in [2.24, 2.45) is 23.2 Å². The van der Waals surface area contributed by atoms with Crippen molar-refractivity contribution in [3.05, 3.63) is 23.0 Å². The van der Waals surface area contributed by atoms with E-state index in [2.05, 4.69) is 102 Å². The molecule has 1 fully saturated rings. The second kappa shape index (κ2) is 11.8. The first-order valence-electron chi connectivity index (χ1n) is 16.0. The van der Waals surface area contributed by atoms with E-state index in [4.69, 9.17) is 13.6 Å². The Morgan fingerprint density at radius 2 is 1.55 bits per heavy atom. The van der Waals surface area contributed by atoms with Crippen LogP contribution in [0.25, 0.3) is 0 Å². The SMILES string of the molecule is CO[C@H]1[C@@H]2C=C(O[Si](C(C)C)(C(C)C)C(C)C)CC[C@@H]2C(=O)CC2=C(C)[C@@H](O[Si](C)(C)C(C)(C)C)C[C@@H]1C2(C)C. The number of hydrogen-bond acceptors (Lipinski definition) is 4. The van der Waals surface area contributed by atoms with Gasteiger partial charge in [-0.2, -0.15) is 0 Å². The van der Waals surface area contributed by atoms with Crippen LogP contribution in [0.4, 0.5) is 0 Å². The van der Waals surface area contributed by atoms with Gasteiger partial charge >= 0.3 is 0 Å². The molecule has 0 spiro atoms. The van der Waals surface area contributed by atoms with Gasteiger partial charge in [0.15, 0.2) is 8.32 Å². The maximum absolute atomic E-state index is 14.1. The van der Waals surface area contributed by atoms with Gasteiger partial charge in [-0.1, -0.05) is 81.7 Å². The Morgan fingerprint density at radius 1 is 1.00 bits per heavy atom. The van der Waals surface area contributed by atoms with Crippen molar-refractivity contribution in [3.8, 4) is 0 Å². The van der Waals surface area contributed by atoms with Gasteiger partial charge in [0.1, 0.15) is 5.78 Å². The average molecular weight is 591 g/mol. The molecule has 0 heterocycles. The Bertz CT molecular complexity index is 976. The normalized spacial score (nSPS) is 29.9. The number of allylic oxidation sites excluding steroid dienone is 2. The summed E-state index contributed by atoms with van der Waals surface area (Å²) in [4.78, 5) is 14.1. The molecule has 2 bridgehead atoms. The number of Topliss-reactive ketones (excluding diaryl/α,β-unsaturated/α-hetero) is 1. The Morgan fingerprint density at radius 3 is 2.02 bits per heavy atom. The van der Waals surface area contributed by atoms with E-state index in [9.17, 15) is 4.79 Å². The number of fused-ring (bicyclic) bond motifs is 3. The molecule has 0 saturated heterocycles. The fraction of sp³-hybridized carbons (Fsp3) is 0.853. The van der Waals surface area contributed by atoms with E-state index in [-0.39, 0.29) is 40.4 Å². The predicted molar refractivity (Wildman–Crippen MR) is 174 cm³/mol. The third-order valence-electron chi connectivity index (χ3n) is 11.7. The molecule has 0 aliphatic heterocycles. The lowest BCUT2D eigenvalue weighted by Gasteiger charge is -2.53. The summed E-state index contributed by atoms with van der Waals surface area (Å²) < 4.78 is 20.8. The van der Waals surface area contributed by atoms with Crippen LogP contribution in [0.5, 0.6) is 0 Å². The maximum atomic E-state index is 14.1. The Hall–Kier alpha value is -0.696. The van der Waals surface area contributed by atoms with E-state index in [1.807, 2.05) is 7.11 Å². The molecule has 5 atom stereocenters. The first kappa shape index (κ1) is 33.8. The van der Waals surface area contributed by atoms with Crippen LogP contribution in [0.15, 0.2) is 23.0 Å². The minimum atomic E-state index is -2.08. The zero-order valence-corrected chi connectivity index (χ0v) is 30.7. The number of ketones is 1. The Kier molecular flexibility index (Phi) is 9.94. The highest BCUT2D eigenvalue weighted by Gasteiger charge is 2.54. The van der Waals surface area contributed by atoms with Gasteiger partial charge in [-0.3, -0.25) is 4.79 Å². The fourth-order valence-corrected chi connectivity index (χ4v) is 15.0. The Labute approximate surface area is 249 Å². The van der Waals surface area contributed by atoms with Crippen LogP contribution in [0.1, 0.15) is 109 Å². The fourth-order valence-electron chi connectivity index (χ4n) is 8.37. The van der Waals surface area contributed by atoms with Crippen molar-refractivity contribution in [1.29, 1.82) is 0 Å². The Balaban J connectivity index is 2.09. The van der Waals surface area contributed by atoms with E-state index in [0.717, 1.165) is 25.0 Å². The number of rotatable bonds is 8. The minimum absolute atomic E-state index is 0.00947. The third kappa shape index (κ3) is 5.90. The van der Waals surface area contributed by atoms with Crippen LogP contribution in [0.3, 0.4) is 0 Å². The quantitative estimate of drug-likeness (QED) is 0.208. The van der Waals surface area contributed by atoms with E-state index >= 15 is 0 Å².